The van der Waals surface area contributed by atoms with E-state index in [9.17, 15) is 13.0 Å². The maximum Gasteiger partial charge on any atom is 1.00 e. The average molecular weight is 240 g/mol. The molecule has 82 valence electrons. The first-order valence-electron chi connectivity index (χ1n) is 4.64. The Morgan fingerprint density at radius 2 is 1.76 bits per heavy atom. The second-order valence-corrected chi connectivity index (χ2v) is 4.68. The van der Waals surface area contributed by atoms with E-state index in [1.807, 2.05) is 0 Å². The molecule has 0 heterocycles. The molecular weight excluding hydrogens is 231 g/mol. The van der Waals surface area contributed by atoms with Crippen LogP contribution >= 0.6 is 0 Å². The molecule has 0 radical (unpaired) electrons. The molecule has 0 fully saturated rings. The summed E-state index contributed by atoms with van der Waals surface area (Å²) in [5.74, 6) is 0. The van der Waals surface area contributed by atoms with Crippen LogP contribution < -0.4 is 18.9 Å². The Morgan fingerprint density at radius 3 is 2.35 bits per heavy atom. The summed E-state index contributed by atoms with van der Waals surface area (Å²) in [5, 5.41) is 1.16. The molecule has 0 aliphatic carbocycles. The Balaban J connectivity index is 0.00000144. The standard InChI is InChI=1S/C12H10O3S.Li/c1-2-9-7-8-10-5-3-4-6-11(10)12(9)16(13,14)15;/h2-8H,1H2,(H,13,14,15);/q;+1/p-1. The third-order valence-electron chi connectivity index (χ3n) is 2.38. The van der Waals surface area contributed by atoms with Gasteiger partial charge in [0, 0.05) is 0 Å². The van der Waals surface area contributed by atoms with Crippen molar-refractivity contribution < 1.29 is 31.8 Å². The van der Waals surface area contributed by atoms with E-state index >= 15 is 0 Å². The molecule has 0 spiro atoms. The van der Waals surface area contributed by atoms with Crippen LogP contribution in [0.5, 0.6) is 0 Å². The van der Waals surface area contributed by atoms with E-state index in [1.54, 1.807) is 36.4 Å². The fourth-order valence-electron chi connectivity index (χ4n) is 1.70. The van der Waals surface area contributed by atoms with Gasteiger partial charge in [0.1, 0.15) is 10.1 Å². The van der Waals surface area contributed by atoms with E-state index in [2.05, 4.69) is 6.58 Å². The van der Waals surface area contributed by atoms with E-state index in [0.717, 1.165) is 5.39 Å². The Morgan fingerprint density at radius 1 is 1.12 bits per heavy atom. The largest absolute Gasteiger partial charge is 1.00 e. The van der Waals surface area contributed by atoms with Crippen molar-refractivity contribution in [2.24, 2.45) is 0 Å². The van der Waals surface area contributed by atoms with Gasteiger partial charge in [-0.15, -0.1) is 0 Å². The maximum absolute atomic E-state index is 11.2. The third-order valence-corrected chi connectivity index (χ3v) is 3.34. The van der Waals surface area contributed by atoms with Crippen molar-refractivity contribution in [3.8, 4) is 0 Å². The number of benzene rings is 2. The van der Waals surface area contributed by atoms with Crippen LogP contribution in [0.3, 0.4) is 0 Å². The quantitative estimate of drug-likeness (QED) is 0.520. The van der Waals surface area contributed by atoms with Crippen LogP contribution in [0.15, 0.2) is 47.9 Å². The summed E-state index contributed by atoms with van der Waals surface area (Å²) in [7, 11) is -4.49. The van der Waals surface area contributed by atoms with Crippen molar-refractivity contribution in [3.05, 3.63) is 48.5 Å². The van der Waals surface area contributed by atoms with E-state index in [4.69, 9.17) is 0 Å². The Kier molecular flexibility index (Phi) is 4.18. The summed E-state index contributed by atoms with van der Waals surface area (Å²) in [6.07, 6.45) is 1.37. The summed E-state index contributed by atoms with van der Waals surface area (Å²) in [5.41, 5.74) is 0.341. The van der Waals surface area contributed by atoms with Gasteiger partial charge >= 0.3 is 18.9 Å². The monoisotopic (exact) mass is 240 g/mol. The van der Waals surface area contributed by atoms with E-state index in [-0.39, 0.29) is 23.8 Å². The molecule has 0 saturated carbocycles. The van der Waals surface area contributed by atoms with Crippen LogP contribution in [-0.2, 0) is 10.1 Å². The van der Waals surface area contributed by atoms with Crippen molar-refractivity contribution in [3.63, 3.8) is 0 Å². The summed E-state index contributed by atoms with van der Waals surface area (Å²) < 4.78 is 33.7. The predicted octanol–water partition coefficient (Wildman–Crippen LogP) is -0.609. The topological polar surface area (TPSA) is 57.2 Å². The first kappa shape index (κ1) is 14.0. The van der Waals surface area contributed by atoms with E-state index in [0.29, 0.717) is 10.9 Å². The zero-order chi connectivity index (χ0) is 11.8. The van der Waals surface area contributed by atoms with Crippen LogP contribution in [0, 0.1) is 0 Å². The Labute approximate surface area is 112 Å². The van der Waals surface area contributed by atoms with Gasteiger partial charge in [0.2, 0.25) is 0 Å². The van der Waals surface area contributed by atoms with E-state index in [1.165, 1.54) is 6.08 Å². The van der Waals surface area contributed by atoms with Gasteiger partial charge < -0.3 is 4.55 Å². The van der Waals surface area contributed by atoms with Crippen LogP contribution in [0.1, 0.15) is 5.56 Å². The number of hydrogen-bond donors (Lipinski definition) is 0. The van der Waals surface area contributed by atoms with Crippen LogP contribution in [0.4, 0.5) is 0 Å². The summed E-state index contributed by atoms with van der Waals surface area (Å²) in [6, 6.07) is 10.2. The first-order chi connectivity index (χ1) is 7.54. The normalized spacial score (nSPS) is 10.9. The second-order valence-electron chi connectivity index (χ2n) is 3.36. The van der Waals surface area contributed by atoms with Gasteiger partial charge in [-0.05, 0) is 16.3 Å². The van der Waals surface area contributed by atoms with Gasteiger partial charge in [-0.2, -0.15) is 0 Å². The van der Waals surface area contributed by atoms with Crippen molar-refractivity contribution in [2.75, 3.05) is 0 Å². The summed E-state index contributed by atoms with van der Waals surface area (Å²) in [6.45, 7) is 3.51. The molecule has 0 atom stereocenters. The predicted molar refractivity (Wildman–Crippen MR) is 62.0 cm³/mol. The zero-order valence-electron chi connectivity index (χ0n) is 9.38. The van der Waals surface area contributed by atoms with Crippen LogP contribution in [-0.4, -0.2) is 13.0 Å². The molecular formula is C12H9LiO3S. The summed E-state index contributed by atoms with van der Waals surface area (Å²) in [4.78, 5) is -0.194. The molecule has 0 saturated heterocycles. The Hall–Kier alpha value is -1.05. The van der Waals surface area contributed by atoms with Gasteiger partial charge in [0.15, 0.2) is 0 Å². The van der Waals surface area contributed by atoms with Crippen molar-refractivity contribution in [1.29, 1.82) is 0 Å². The summed E-state index contributed by atoms with van der Waals surface area (Å²) >= 11 is 0. The van der Waals surface area contributed by atoms with Gasteiger partial charge in [-0.25, -0.2) is 8.42 Å². The smallest absolute Gasteiger partial charge is 0.744 e. The molecule has 0 N–H and O–H groups in total. The molecule has 5 heteroatoms. The van der Waals surface area contributed by atoms with Gasteiger partial charge in [-0.3, -0.25) is 0 Å². The fraction of sp³-hybridized carbons (Fsp3) is 0. The fourth-order valence-corrected chi connectivity index (χ4v) is 2.59. The van der Waals surface area contributed by atoms with Crippen molar-refractivity contribution in [2.45, 2.75) is 4.90 Å². The van der Waals surface area contributed by atoms with Crippen LogP contribution in [0.2, 0.25) is 0 Å². The minimum atomic E-state index is -4.49. The minimum absolute atomic E-state index is 0. The van der Waals surface area contributed by atoms with Crippen molar-refractivity contribution in [1.82, 2.24) is 0 Å². The molecule has 17 heavy (non-hydrogen) atoms. The van der Waals surface area contributed by atoms with Crippen LogP contribution in [0.25, 0.3) is 16.8 Å². The van der Waals surface area contributed by atoms with Gasteiger partial charge in [0.05, 0.1) is 4.90 Å². The van der Waals surface area contributed by atoms with Crippen molar-refractivity contribution >= 4 is 27.0 Å². The molecule has 2 rings (SSSR count). The number of rotatable bonds is 2. The number of hydrogen-bond acceptors (Lipinski definition) is 3. The molecule has 0 unspecified atom stereocenters. The van der Waals surface area contributed by atoms with E-state index < -0.39 is 10.1 Å². The van der Waals surface area contributed by atoms with Gasteiger partial charge in [0.25, 0.3) is 0 Å². The molecule has 0 amide bonds. The van der Waals surface area contributed by atoms with Gasteiger partial charge in [-0.1, -0.05) is 49.1 Å². The minimum Gasteiger partial charge on any atom is -0.744 e. The molecule has 0 aliphatic heterocycles. The number of fused-ring (bicyclic) bond motifs is 1. The Bertz CT molecular complexity index is 663. The third kappa shape index (κ3) is 2.62. The molecule has 0 aromatic heterocycles. The molecule has 2 aromatic rings. The zero-order valence-corrected chi connectivity index (χ0v) is 10.2. The second kappa shape index (κ2) is 5.07. The molecule has 0 bridgehead atoms. The molecule has 2 aromatic carbocycles. The molecule has 3 nitrogen and oxygen atoms in total. The average Bonchev–Trinajstić information content (AvgIpc) is 2.26. The maximum atomic E-state index is 11.2. The molecule has 0 aliphatic rings. The SMILES string of the molecule is C=Cc1ccc2ccccc2c1S(=O)(=O)[O-].[Li+]. The first-order valence-corrected chi connectivity index (χ1v) is 6.05.